The summed E-state index contributed by atoms with van der Waals surface area (Å²) < 4.78 is 5.52. The third-order valence-corrected chi connectivity index (χ3v) is 4.62. The van der Waals surface area contributed by atoms with E-state index < -0.39 is 0 Å². The summed E-state index contributed by atoms with van der Waals surface area (Å²) in [6.07, 6.45) is 0. The molecule has 4 nitrogen and oxygen atoms in total. The number of ether oxygens (including phenoxy) is 1. The first-order valence-electron chi connectivity index (χ1n) is 6.20. The summed E-state index contributed by atoms with van der Waals surface area (Å²) in [7, 11) is 0. The standard InChI is InChI=1S/C14H13ClN2O2S/c15-10-3-6-20-13(10)12(16)8-1-2-11-9(7-8)14(18)17-4-5-19-11/h1-3,6-7,12H,4-5,16H2,(H,17,18). The molecule has 3 rings (SSSR count). The first kappa shape index (κ1) is 13.4. The number of halogens is 1. The van der Waals surface area contributed by atoms with Crippen molar-refractivity contribution in [2.24, 2.45) is 5.73 Å². The van der Waals surface area contributed by atoms with Crippen LogP contribution in [0.5, 0.6) is 5.75 Å². The van der Waals surface area contributed by atoms with Gasteiger partial charge in [-0.05, 0) is 29.1 Å². The van der Waals surface area contributed by atoms with Crippen LogP contribution in [0, 0.1) is 0 Å². The monoisotopic (exact) mass is 308 g/mol. The number of hydrogen-bond donors (Lipinski definition) is 2. The Hall–Kier alpha value is -1.56. The van der Waals surface area contributed by atoms with Crippen LogP contribution >= 0.6 is 22.9 Å². The lowest BCUT2D eigenvalue weighted by Gasteiger charge is -2.13. The topological polar surface area (TPSA) is 64.4 Å². The molecule has 2 aromatic rings. The highest BCUT2D eigenvalue weighted by Gasteiger charge is 2.20. The zero-order valence-corrected chi connectivity index (χ0v) is 12.1. The number of carbonyl (C=O) groups excluding carboxylic acids is 1. The fourth-order valence-corrected chi connectivity index (χ4v) is 3.35. The number of nitrogens with one attached hydrogen (secondary N) is 1. The Morgan fingerprint density at radius 3 is 3.00 bits per heavy atom. The van der Waals surface area contributed by atoms with Crippen molar-refractivity contribution >= 4 is 28.8 Å². The van der Waals surface area contributed by atoms with Crippen molar-refractivity contribution in [1.82, 2.24) is 5.32 Å². The second kappa shape index (κ2) is 5.44. The Morgan fingerprint density at radius 1 is 1.40 bits per heavy atom. The molecule has 2 heterocycles. The predicted molar refractivity (Wildman–Crippen MR) is 79.6 cm³/mol. The van der Waals surface area contributed by atoms with Gasteiger partial charge in [-0.3, -0.25) is 4.79 Å². The molecule has 0 fully saturated rings. The average molecular weight is 309 g/mol. The van der Waals surface area contributed by atoms with E-state index in [-0.39, 0.29) is 11.9 Å². The summed E-state index contributed by atoms with van der Waals surface area (Å²) in [5.41, 5.74) is 7.59. The molecule has 0 saturated heterocycles. The summed E-state index contributed by atoms with van der Waals surface area (Å²) in [6, 6.07) is 6.91. The average Bonchev–Trinajstić information content (AvgIpc) is 2.79. The maximum atomic E-state index is 12.0. The lowest BCUT2D eigenvalue weighted by atomic mass is 10.0. The zero-order chi connectivity index (χ0) is 14.1. The Morgan fingerprint density at radius 2 is 2.25 bits per heavy atom. The molecular weight excluding hydrogens is 296 g/mol. The maximum Gasteiger partial charge on any atom is 0.255 e. The molecule has 0 bridgehead atoms. The van der Waals surface area contributed by atoms with Gasteiger partial charge in [-0.1, -0.05) is 17.7 Å². The normalized spacial score (nSPS) is 15.8. The molecule has 104 valence electrons. The molecule has 1 amide bonds. The first-order chi connectivity index (χ1) is 9.66. The first-order valence-corrected chi connectivity index (χ1v) is 7.46. The minimum Gasteiger partial charge on any atom is -0.491 e. The van der Waals surface area contributed by atoms with Crippen molar-refractivity contribution in [2.45, 2.75) is 6.04 Å². The SMILES string of the molecule is NC(c1ccc2c(c1)C(=O)NCCO2)c1sccc1Cl. The highest BCUT2D eigenvalue weighted by atomic mass is 35.5. The molecule has 0 spiro atoms. The summed E-state index contributed by atoms with van der Waals surface area (Å²) in [6.45, 7) is 0.979. The molecular formula is C14H13ClN2O2S. The maximum absolute atomic E-state index is 12.0. The highest BCUT2D eigenvalue weighted by Crippen LogP contribution is 2.33. The van der Waals surface area contributed by atoms with E-state index in [0.29, 0.717) is 29.5 Å². The molecule has 1 aliphatic rings. The van der Waals surface area contributed by atoms with Crippen LogP contribution in [0.2, 0.25) is 5.02 Å². The van der Waals surface area contributed by atoms with Crippen LogP contribution in [0.25, 0.3) is 0 Å². The second-order valence-electron chi connectivity index (χ2n) is 4.47. The van der Waals surface area contributed by atoms with Crippen LogP contribution in [-0.4, -0.2) is 19.1 Å². The van der Waals surface area contributed by atoms with Gasteiger partial charge in [0.15, 0.2) is 0 Å². The van der Waals surface area contributed by atoms with E-state index in [1.165, 1.54) is 11.3 Å². The van der Waals surface area contributed by atoms with E-state index >= 15 is 0 Å². The number of fused-ring (bicyclic) bond motifs is 1. The van der Waals surface area contributed by atoms with Crippen molar-refractivity contribution in [1.29, 1.82) is 0 Å². The van der Waals surface area contributed by atoms with Crippen LogP contribution in [-0.2, 0) is 0 Å². The van der Waals surface area contributed by atoms with E-state index in [1.807, 2.05) is 17.5 Å². The second-order valence-corrected chi connectivity index (χ2v) is 5.83. The van der Waals surface area contributed by atoms with Gasteiger partial charge in [0.1, 0.15) is 12.4 Å². The minimum absolute atomic E-state index is 0.135. The van der Waals surface area contributed by atoms with Crippen molar-refractivity contribution in [2.75, 3.05) is 13.2 Å². The van der Waals surface area contributed by atoms with Gasteiger partial charge in [0.2, 0.25) is 0 Å². The minimum atomic E-state index is -0.344. The number of amides is 1. The van der Waals surface area contributed by atoms with Gasteiger partial charge < -0.3 is 15.8 Å². The van der Waals surface area contributed by atoms with Crippen LogP contribution in [0.4, 0.5) is 0 Å². The van der Waals surface area contributed by atoms with Crippen molar-refractivity contribution in [3.8, 4) is 5.75 Å². The molecule has 0 saturated carbocycles. The van der Waals surface area contributed by atoms with Gasteiger partial charge in [-0.25, -0.2) is 0 Å². The number of hydrogen-bond acceptors (Lipinski definition) is 4. The van der Waals surface area contributed by atoms with Crippen LogP contribution in [0.1, 0.15) is 26.8 Å². The van der Waals surface area contributed by atoms with Crippen molar-refractivity contribution < 1.29 is 9.53 Å². The van der Waals surface area contributed by atoms with Crippen molar-refractivity contribution in [3.05, 3.63) is 50.7 Å². The van der Waals surface area contributed by atoms with Crippen LogP contribution in [0.15, 0.2) is 29.6 Å². The molecule has 1 aromatic carbocycles. The third-order valence-electron chi connectivity index (χ3n) is 3.18. The zero-order valence-electron chi connectivity index (χ0n) is 10.6. The van der Waals surface area contributed by atoms with Crippen molar-refractivity contribution in [3.63, 3.8) is 0 Å². The summed E-state index contributed by atoms with van der Waals surface area (Å²) in [5.74, 6) is 0.456. The highest BCUT2D eigenvalue weighted by molar-refractivity contribution is 7.10. The summed E-state index contributed by atoms with van der Waals surface area (Å²) >= 11 is 7.62. The molecule has 20 heavy (non-hydrogen) atoms. The summed E-state index contributed by atoms with van der Waals surface area (Å²) in [4.78, 5) is 12.9. The molecule has 1 unspecified atom stereocenters. The number of benzene rings is 1. The number of nitrogens with two attached hydrogens (primary N) is 1. The van der Waals surface area contributed by atoms with Gasteiger partial charge in [0.05, 0.1) is 23.2 Å². The van der Waals surface area contributed by atoms with E-state index in [0.717, 1.165) is 10.4 Å². The Balaban J connectivity index is 2.00. The molecule has 1 atom stereocenters. The van der Waals surface area contributed by atoms with Gasteiger partial charge >= 0.3 is 0 Å². The van der Waals surface area contributed by atoms with Gasteiger partial charge in [0.25, 0.3) is 5.91 Å². The van der Waals surface area contributed by atoms with Crippen LogP contribution < -0.4 is 15.8 Å². The van der Waals surface area contributed by atoms with Crippen LogP contribution in [0.3, 0.4) is 0 Å². The van der Waals surface area contributed by atoms with E-state index in [2.05, 4.69) is 5.32 Å². The Kier molecular flexibility index (Phi) is 3.65. The lowest BCUT2D eigenvalue weighted by Crippen LogP contribution is -2.24. The smallest absolute Gasteiger partial charge is 0.255 e. The largest absolute Gasteiger partial charge is 0.491 e. The molecule has 1 aromatic heterocycles. The fourth-order valence-electron chi connectivity index (χ4n) is 2.14. The molecule has 1 aliphatic heterocycles. The number of carbonyl (C=O) groups is 1. The Labute approximate surface area is 125 Å². The van der Waals surface area contributed by atoms with Gasteiger partial charge in [-0.2, -0.15) is 0 Å². The Bertz CT molecular complexity index is 656. The third kappa shape index (κ3) is 2.40. The quantitative estimate of drug-likeness (QED) is 0.896. The fraction of sp³-hybridized carbons (Fsp3) is 0.214. The number of thiophene rings is 1. The lowest BCUT2D eigenvalue weighted by molar-refractivity contribution is 0.0957. The molecule has 6 heteroatoms. The van der Waals surface area contributed by atoms with Gasteiger partial charge in [0, 0.05) is 4.88 Å². The molecule has 0 radical (unpaired) electrons. The molecule has 0 aliphatic carbocycles. The predicted octanol–water partition coefficient (Wildman–Crippen LogP) is 2.57. The van der Waals surface area contributed by atoms with E-state index in [4.69, 9.17) is 22.1 Å². The molecule has 3 N–H and O–H groups in total. The number of rotatable bonds is 2. The van der Waals surface area contributed by atoms with Gasteiger partial charge in [-0.15, -0.1) is 11.3 Å². The summed E-state index contributed by atoms with van der Waals surface area (Å²) in [5, 5.41) is 5.34. The van der Waals surface area contributed by atoms with E-state index in [9.17, 15) is 4.79 Å². The van der Waals surface area contributed by atoms with E-state index in [1.54, 1.807) is 12.1 Å².